The van der Waals surface area contributed by atoms with Crippen LogP contribution in [0.4, 0.5) is 0 Å². The van der Waals surface area contributed by atoms with Gasteiger partial charge in [-0.15, -0.1) is 0 Å². The Morgan fingerprint density at radius 3 is 2.77 bits per heavy atom. The first-order chi connectivity index (χ1) is 5.91. The minimum Gasteiger partial charge on any atom is -0.393 e. The van der Waals surface area contributed by atoms with Gasteiger partial charge in [-0.3, -0.25) is 4.90 Å². The summed E-state index contributed by atoms with van der Waals surface area (Å²) in [5.41, 5.74) is 4.95. The molecule has 13 heavy (non-hydrogen) atoms. The van der Waals surface area contributed by atoms with Crippen LogP contribution in [0.5, 0.6) is 0 Å². The van der Waals surface area contributed by atoms with Gasteiger partial charge in [-0.2, -0.15) is 0 Å². The van der Waals surface area contributed by atoms with Crippen LogP contribution in [-0.2, 0) is 0 Å². The molecule has 1 aliphatic heterocycles. The number of nitrogens with two attached hydrogens (primary N) is 1. The maximum absolute atomic E-state index is 9.74. The van der Waals surface area contributed by atoms with E-state index in [-0.39, 0.29) is 0 Å². The molecule has 1 rings (SSSR count). The average molecular weight is 202 g/mol. The first kappa shape index (κ1) is 10.9. The van der Waals surface area contributed by atoms with E-state index in [0.29, 0.717) is 11.0 Å². The molecule has 0 aliphatic carbocycles. The normalized spacial score (nSPS) is 31.9. The van der Waals surface area contributed by atoms with Gasteiger partial charge in [0.15, 0.2) is 0 Å². The number of rotatable bonds is 3. The molecule has 0 amide bonds. The smallest absolute Gasteiger partial charge is 0.0758 e. The van der Waals surface area contributed by atoms with Crippen molar-refractivity contribution in [2.24, 2.45) is 5.73 Å². The van der Waals surface area contributed by atoms with Crippen LogP contribution in [0, 0.1) is 0 Å². The maximum atomic E-state index is 9.74. The SMILES string of the molecule is CC(CC(N)=S)N1CCC(C)(O)C1. The lowest BCUT2D eigenvalue weighted by atomic mass is 10.1. The fourth-order valence-electron chi connectivity index (χ4n) is 1.78. The van der Waals surface area contributed by atoms with Gasteiger partial charge in [-0.25, -0.2) is 0 Å². The molecule has 4 heteroatoms. The molecule has 1 saturated heterocycles. The highest BCUT2D eigenvalue weighted by Crippen LogP contribution is 2.22. The highest BCUT2D eigenvalue weighted by atomic mass is 32.1. The zero-order chi connectivity index (χ0) is 10.1. The highest BCUT2D eigenvalue weighted by Gasteiger charge is 2.33. The summed E-state index contributed by atoms with van der Waals surface area (Å²) >= 11 is 4.85. The standard InChI is InChI=1S/C9H18N2OS/c1-7(5-8(10)13)11-4-3-9(2,12)6-11/h7,12H,3-6H2,1-2H3,(H2,10,13). The van der Waals surface area contributed by atoms with Gasteiger partial charge in [0.2, 0.25) is 0 Å². The summed E-state index contributed by atoms with van der Waals surface area (Å²) in [5, 5.41) is 9.74. The lowest BCUT2D eigenvalue weighted by molar-refractivity contribution is 0.0639. The lowest BCUT2D eigenvalue weighted by Gasteiger charge is -2.25. The number of likely N-dealkylation sites (tertiary alicyclic amines) is 1. The Bertz CT molecular complexity index is 206. The third-order valence-electron chi connectivity index (χ3n) is 2.60. The number of thiocarbonyl (C=S) groups is 1. The van der Waals surface area contributed by atoms with Gasteiger partial charge in [0.25, 0.3) is 0 Å². The van der Waals surface area contributed by atoms with E-state index in [4.69, 9.17) is 18.0 Å². The summed E-state index contributed by atoms with van der Waals surface area (Å²) in [6.07, 6.45) is 1.58. The molecule has 0 aromatic rings. The van der Waals surface area contributed by atoms with Gasteiger partial charge in [-0.05, 0) is 20.3 Å². The summed E-state index contributed by atoms with van der Waals surface area (Å²) in [7, 11) is 0. The molecule has 0 spiro atoms. The minimum atomic E-state index is -0.523. The van der Waals surface area contributed by atoms with Crippen LogP contribution in [0.25, 0.3) is 0 Å². The largest absolute Gasteiger partial charge is 0.393 e. The van der Waals surface area contributed by atoms with E-state index < -0.39 is 5.60 Å². The maximum Gasteiger partial charge on any atom is 0.0758 e. The van der Waals surface area contributed by atoms with Crippen LogP contribution in [-0.4, -0.2) is 39.7 Å². The molecule has 2 atom stereocenters. The molecule has 0 aromatic carbocycles. The summed E-state index contributed by atoms with van der Waals surface area (Å²) in [4.78, 5) is 2.79. The second-order valence-electron chi connectivity index (χ2n) is 4.24. The van der Waals surface area contributed by atoms with E-state index in [1.54, 1.807) is 0 Å². The van der Waals surface area contributed by atoms with Crippen molar-refractivity contribution >= 4 is 17.2 Å². The molecular weight excluding hydrogens is 184 g/mol. The average Bonchev–Trinajstić information content (AvgIpc) is 2.28. The minimum absolute atomic E-state index is 0.353. The second-order valence-corrected chi connectivity index (χ2v) is 4.76. The Morgan fingerprint density at radius 1 is 1.77 bits per heavy atom. The summed E-state index contributed by atoms with van der Waals surface area (Å²) in [5.74, 6) is 0. The summed E-state index contributed by atoms with van der Waals surface area (Å²) in [6, 6.07) is 0.353. The molecule has 0 radical (unpaired) electrons. The van der Waals surface area contributed by atoms with Crippen molar-refractivity contribution in [3.63, 3.8) is 0 Å². The molecule has 0 aromatic heterocycles. The first-order valence-electron chi connectivity index (χ1n) is 4.65. The van der Waals surface area contributed by atoms with E-state index in [1.165, 1.54) is 0 Å². The van der Waals surface area contributed by atoms with Gasteiger partial charge < -0.3 is 10.8 Å². The predicted octanol–water partition coefficient (Wildman–Crippen LogP) is 0.508. The Morgan fingerprint density at radius 2 is 2.38 bits per heavy atom. The van der Waals surface area contributed by atoms with Crippen molar-refractivity contribution in [1.29, 1.82) is 0 Å². The molecular formula is C9H18N2OS. The van der Waals surface area contributed by atoms with Crippen molar-refractivity contribution in [2.45, 2.75) is 38.3 Å². The number of hydrogen-bond donors (Lipinski definition) is 2. The number of aliphatic hydroxyl groups is 1. The Kier molecular flexibility index (Phi) is 3.27. The van der Waals surface area contributed by atoms with Crippen LogP contribution in [0.1, 0.15) is 26.7 Å². The number of β-amino-alcohol motifs (C(OH)–C–C–N with tert-alkyl or cyclic N) is 1. The highest BCUT2D eigenvalue weighted by molar-refractivity contribution is 7.80. The van der Waals surface area contributed by atoms with Crippen molar-refractivity contribution in [1.82, 2.24) is 4.90 Å². The quantitative estimate of drug-likeness (QED) is 0.655. The zero-order valence-electron chi connectivity index (χ0n) is 8.29. The molecule has 0 bridgehead atoms. The molecule has 1 heterocycles. The monoisotopic (exact) mass is 202 g/mol. The number of nitrogens with zero attached hydrogens (tertiary/aromatic N) is 1. The molecule has 1 fully saturated rings. The number of hydrogen-bond acceptors (Lipinski definition) is 3. The van der Waals surface area contributed by atoms with Crippen LogP contribution in [0.2, 0.25) is 0 Å². The van der Waals surface area contributed by atoms with Gasteiger partial charge in [0.05, 0.1) is 10.6 Å². The fraction of sp³-hybridized carbons (Fsp3) is 0.889. The van der Waals surface area contributed by atoms with Crippen molar-refractivity contribution < 1.29 is 5.11 Å². The van der Waals surface area contributed by atoms with Crippen molar-refractivity contribution in [2.75, 3.05) is 13.1 Å². The predicted molar refractivity (Wildman–Crippen MR) is 57.7 cm³/mol. The van der Waals surface area contributed by atoms with Crippen molar-refractivity contribution in [3.05, 3.63) is 0 Å². The van der Waals surface area contributed by atoms with Crippen LogP contribution >= 0.6 is 12.2 Å². The Balaban J connectivity index is 2.42. The van der Waals surface area contributed by atoms with E-state index in [0.717, 1.165) is 25.9 Å². The van der Waals surface area contributed by atoms with E-state index in [9.17, 15) is 5.11 Å². The Labute approximate surface area is 84.9 Å². The van der Waals surface area contributed by atoms with Crippen LogP contribution in [0.15, 0.2) is 0 Å². The summed E-state index contributed by atoms with van der Waals surface area (Å²) in [6.45, 7) is 5.65. The van der Waals surface area contributed by atoms with E-state index in [2.05, 4.69) is 11.8 Å². The molecule has 76 valence electrons. The third-order valence-corrected chi connectivity index (χ3v) is 2.77. The van der Waals surface area contributed by atoms with Gasteiger partial charge in [-0.1, -0.05) is 12.2 Å². The first-order valence-corrected chi connectivity index (χ1v) is 5.06. The lowest BCUT2D eigenvalue weighted by Crippen LogP contribution is -2.37. The van der Waals surface area contributed by atoms with Crippen LogP contribution in [0.3, 0.4) is 0 Å². The molecule has 2 unspecified atom stereocenters. The molecule has 1 aliphatic rings. The fourth-order valence-corrected chi connectivity index (χ4v) is 2.02. The molecule has 3 N–H and O–H groups in total. The topological polar surface area (TPSA) is 49.5 Å². The second kappa shape index (κ2) is 3.90. The summed E-state index contributed by atoms with van der Waals surface area (Å²) < 4.78 is 0. The third kappa shape index (κ3) is 3.21. The van der Waals surface area contributed by atoms with Gasteiger partial charge in [0.1, 0.15) is 0 Å². The van der Waals surface area contributed by atoms with Gasteiger partial charge >= 0.3 is 0 Å². The van der Waals surface area contributed by atoms with E-state index >= 15 is 0 Å². The van der Waals surface area contributed by atoms with E-state index in [1.807, 2.05) is 6.92 Å². The Hall–Kier alpha value is -0.190. The van der Waals surface area contributed by atoms with Crippen LogP contribution < -0.4 is 5.73 Å². The zero-order valence-corrected chi connectivity index (χ0v) is 9.10. The van der Waals surface area contributed by atoms with Crippen molar-refractivity contribution in [3.8, 4) is 0 Å². The molecule has 3 nitrogen and oxygen atoms in total. The molecule has 0 saturated carbocycles. The van der Waals surface area contributed by atoms with Gasteiger partial charge in [0, 0.05) is 25.6 Å².